The predicted octanol–water partition coefficient (Wildman–Crippen LogP) is 3.82. The van der Waals surface area contributed by atoms with Crippen LogP contribution in [0.1, 0.15) is 35.9 Å². The fourth-order valence-corrected chi connectivity index (χ4v) is 4.35. The number of thiophene rings is 1. The standard InChI is InChI=1S/C22H26N2O3S/c1-4-23(5-2)12-13-24-19(17-7-6-14-28-17)18(21(26)22(24)27)20(25)16-10-8-15(3)9-11-16/h6-11,14,19,25H,4-5,12-13H2,1-3H3/b20-18+. The third kappa shape index (κ3) is 3.88. The number of likely N-dealkylation sites (N-methyl/N-ethyl adjacent to an activating group) is 1. The van der Waals surface area contributed by atoms with E-state index in [0.717, 1.165) is 23.5 Å². The molecule has 3 rings (SSSR count). The largest absolute Gasteiger partial charge is 0.507 e. The fraction of sp³-hybridized carbons (Fsp3) is 0.364. The molecule has 1 aliphatic heterocycles. The van der Waals surface area contributed by atoms with Crippen molar-refractivity contribution in [3.63, 3.8) is 0 Å². The fourth-order valence-electron chi connectivity index (χ4n) is 3.51. The first-order chi connectivity index (χ1) is 13.5. The Labute approximate surface area is 169 Å². The first-order valence-corrected chi connectivity index (χ1v) is 10.5. The van der Waals surface area contributed by atoms with Gasteiger partial charge in [-0.05, 0) is 31.5 Å². The normalized spacial score (nSPS) is 19.0. The number of amides is 1. The summed E-state index contributed by atoms with van der Waals surface area (Å²) in [5.74, 6) is -1.27. The van der Waals surface area contributed by atoms with Crippen LogP contribution in [0.5, 0.6) is 0 Å². The number of benzene rings is 1. The minimum atomic E-state index is -0.615. The SMILES string of the molecule is CCN(CC)CCN1C(=O)C(=O)/C(=C(/O)c2ccc(C)cc2)C1c1cccs1. The molecule has 0 bridgehead atoms. The molecular weight excluding hydrogens is 372 g/mol. The minimum absolute atomic E-state index is 0.109. The van der Waals surface area contributed by atoms with Crippen molar-refractivity contribution in [3.8, 4) is 0 Å². The zero-order valence-electron chi connectivity index (χ0n) is 16.5. The van der Waals surface area contributed by atoms with Crippen molar-refractivity contribution in [1.29, 1.82) is 0 Å². The van der Waals surface area contributed by atoms with Gasteiger partial charge in [0.1, 0.15) is 5.76 Å². The molecule has 2 heterocycles. The monoisotopic (exact) mass is 398 g/mol. The number of rotatable bonds is 7. The van der Waals surface area contributed by atoms with Gasteiger partial charge >= 0.3 is 0 Å². The molecule has 0 spiro atoms. The third-order valence-corrected chi connectivity index (χ3v) is 6.15. The van der Waals surface area contributed by atoms with Crippen molar-refractivity contribution >= 4 is 28.8 Å². The van der Waals surface area contributed by atoms with Crippen LogP contribution in [-0.2, 0) is 9.59 Å². The number of ketones is 1. The summed E-state index contributed by atoms with van der Waals surface area (Å²) in [4.78, 5) is 30.4. The van der Waals surface area contributed by atoms with Gasteiger partial charge < -0.3 is 14.9 Å². The molecule has 5 nitrogen and oxygen atoms in total. The zero-order chi connectivity index (χ0) is 20.3. The summed E-state index contributed by atoms with van der Waals surface area (Å²) in [6, 6.07) is 10.6. The molecule has 1 atom stereocenters. The van der Waals surface area contributed by atoms with E-state index in [1.165, 1.54) is 11.3 Å². The summed E-state index contributed by atoms with van der Waals surface area (Å²) in [5, 5.41) is 12.9. The maximum Gasteiger partial charge on any atom is 0.295 e. The number of nitrogens with zero attached hydrogens (tertiary/aromatic N) is 2. The average Bonchev–Trinajstić information content (AvgIpc) is 3.31. The smallest absolute Gasteiger partial charge is 0.295 e. The number of aliphatic hydroxyl groups is 1. The van der Waals surface area contributed by atoms with E-state index in [9.17, 15) is 14.7 Å². The van der Waals surface area contributed by atoms with Crippen molar-refractivity contribution in [1.82, 2.24) is 9.80 Å². The Bertz CT molecular complexity index is 868. The number of carbonyl (C=O) groups excluding carboxylic acids is 2. The van der Waals surface area contributed by atoms with Crippen LogP contribution in [-0.4, -0.2) is 52.8 Å². The third-order valence-electron chi connectivity index (χ3n) is 5.23. The van der Waals surface area contributed by atoms with E-state index in [1.54, 1.807) is 17.0 Å². The molecule has 1 saturated heterocycles. The summed E-state index contributed by atoms with van der Waals surface area (Å²) >= 11 is 1.49. The lowest BCUT2D eigenvalue weighted by Crippen LogP contribution is -2.37. The summed E-state index contributed by atoms with van der Waals surface area (Å²) in [6.07, 6.45) is 0. The molecule has 148 valence electrons. The number of carbonyl (C=O) groups is 2. The highest BCUT2D eigenvalue weighted by molar-refractivity contribution is 7.10. The van der Waals surface area contributed by atoms with Gasteiger partial charge in [0.15, 0.2) is 0 Å². The van der Waals surface area contributed by atoms with E-state index >= 15 is 0 Å². The number of likely N-dealkylation sites (tertiary alicyclic amines) is 1. The summed E-state index contributed by atoms with van der Waals surface area (Å²) in [6.45, 7) is 9.01. The quantitative estimate of drug-likeness (QED) is 0.438. The van der Waals surface area contributed by atoms with E-state index in [0.29, 0.717) is 18.7 Å². The number of hydrogen-bond acceptors (Lipinski definition) is 5. The van der Waals surface area contributed by atoms with E-state index in [2.05, 4.69) is 18.7 Å². The first-order valence-electron chi connectivity index (χ1n) is 9.59. The Morgan fingerprint density at radius 2 is 1.82 bits per heavy atom. The van der Waals surface area contributed by atoms with E-state index < -0.39 is 17.7 Å². The number of hydrogen-bond donors (Lipinski definition) is 1. The van der Waals surface area contributed by atoms with E-state index in [4.69, 9.17) is 0 Å². The van der Waals surface area contributed by atoms with Gasteiger partial charge in [0, 0.05) is 23.5 Å². The van der Waals surface area contributed by atoms with E-state index in [1.807, 2.05) is 36.6 Å². The summed E-state index contributed by atoms with van der Waals surface area (Å²) in [7, 11) is 0. The Kier molecular flexibility index (Phi) is 6.31. The van der Waals surface area contributed by atoms with Gasteiger partial charge in [-0.15, -0.1) is 11.3 Å². The first kappa shape index (κ1) is 20.3. The number of aryl methyl sites for hydroxylation is 1. The molecule has 1 aliphatic rings. The number of Topliss-reactive ketones (excluding diaryl/α,β-unsaturated/α-hetero) is 1. The van der Waals surface area contributed by atoms with Crippen LogP contribution >= 0.6 is 11.3 Å². The molecule has 1 amide bonds. The van der Waals surface area contributed by atoms with Crippen LogP contribution in [0.4, 0.5) is 0 Å². The molecule has 1 fully saturated rings. The molecule has 2 aromatic rings. The van der Waals surface area contributed by atoms with Gasteiger partial charge in [-0.3, -0.25) is 9.59 Å². The van der Waals surface area contributed by atoms with Crippen LogP contribution in [0.15, 0.2) is 47.4 Å². The maximum atomic E-state index is 12.9. The van der Waals surface area contributed by atoms with Crippen LogP contribution in [0.25, 0.3) is 5.76 Å². The Hall–Kier alpha value is -2.44. The highest BCUT2D eigenvalue weighted by Gasteiger charge is 2.46. The van der Waals surface area contributed by atoms with Gasteiger partial charge in [-0.25, -0.2) is 0 Å². The lowest BCUT2D eigenvalue weighted by atomic mass is 9.99. The second-order valence-corrected chi connectivity index (χ2v) is 7.88. The second kappa shape index (κ2) is 8.71. The van der Waals surface area contributed by atoms with Crippen molar-refractivity contribution in [2.24, 2.45) is 0 Å². The molecule has 0 radical (unpaired) electrons. The minimum Gasteiger partial charge on any atom is -0.507 e. The molecule has 1 aromatic heterocycles. The van der Waals surface area contributed by atoms with Crippen LogP contribution in [0, 0.1) is 6.92 Å². The lowest BCUT2D eigenvalue weighted by molar-refractivity contribution is -0.140. The highest BCUT2D eigenvalue weighted by Crippen LogP contribution is 2.40. The van der Waals surface area contributed by atoms with Crippen molar-refractivity contribution in [2.45, 2.75) is 26.8 Å². The molecule has 6 heteroatoms. The van der Waals surface area contributed by atoms with Gasteiger partial charge in [-0.2, -0.15) is 0 Å². The molecule has 1 N–H and O–H groups in total. The second-order valence-electron chi connectivity index (χ2n) is 6.90. The van der Waals surface area contributed by atoms with Gasteiger partial charge in [0.2, 0.25) is 0 Å². The van der Waals surface area contributed by atoms with E-state index in [-0.39, 0.29) is 11.3 Å². The average molecular weight is 399 g/mol. The molecule has 28 heavy (non-hydrogen) atoms. The zero-order valence-corrected chi connectivity index (χ0v) is 17.3. The molecular formula is C22H26N2O3S. The highest BCUT2D eigenvalue weighted by atomic mass is 32.1. The Morgan fingerprint density at radius 3 is 2.39 bits per heavy atom. The summed E-state index contributed by atoms with van der Waals surface area (Å²) in [5.41, 5.74) is 1.79. The van der Waals surface area contributed by atoms with Crippen molar-refractivity contribution in [3.05, 3.63) is 63.4 Å². The number of aliphatic hydroxyl groups excluding tert-OH is 1. The topological polar surface area (TPSA) is 60.9 Å². The van der Waals surface area contributed by atoms with Gasteiger partial charge in [0.05, 0.1) is 11.6 Å². The molecule has 1 aromatic carbocycles. The molecule has 0 aliphatic carbocycles. The lowest BCUT2D eigenvalue weighted by Gasteiger charge is -2.27. The van der Waals surface area contributed by atoms with Crippen LogP contribution in [0.2, 0.25) is 0 Å². The van der Waals surface area contributed by atoms with Gasteiger partial charge in [0.25, 0.3) is 11.7 Å². The maximum absolute atomic E-state index is 12.9. The van der Waals surface area contributed by atoms with Gasteiger partial charge in [-0.1, -0.05) is 49.7 Å². The predicted molar refractivity (Wildman–Crippen MR) is 112 cm³/mol. The molecule has 0 saturated carbocycles. The van der Waals surface area contributed by atoms with Crippen LogP contribution in [0.3, 0.4) is 0 Å². The Balaban J connectivity index is 2.03. The van der Waals surface area contributed by atoms with Crippen molar-refractivity contribution in [2.75, 3.05) is 26.2 Å². The molecule has 1 unspecified atom stereocenters. The Morgan fingerprint density at radius 1 is 1.14 bits per heavy atom. The van der Waals surface area contributed by atoms with Crippen molar-refractivity contribution < 1.29 is 14.7 Å². The summed E-state index contributed by atoms with van der Waals surface area (Å²) < 4.78 is 0. The van der Waals surface area contributed by atoms with Crippen LogP contribution < -0.4 is 0 Å².